The molecule has 0 aliphatic carbocycles. The molecule has 0 bridgehead atoms. The van der Waals surface area contributed by atoms with Gasteiger partial charge in [-0.1, -0.05) is 13.0 Å². The highest BCUT2D eigenvalue weighted by Gasteiger charge is 2.17. The molecule has 7 nitrogen and oxygen atoms in total. The number of nitrogens with one attached hydrogen (secondary N) is 4. The molecule has 0 heterocycles. The van der Waals surface area contributed by atoms with Crippen LogP contribution in [0.2, 0.25) is 0 Å². The first kappa shape index (κ1) is 19.5. The van der Waals surface area contributed by atoms with Crippen molar-refractivity contribution in [1.29, 1.82) is 0 Å². The summed E-state index contributed by atoms with van der Waals surface area (Å²) in [5, 5.41) is 10.7. The van der Waals surface area contributed by atoms with E-state index < -0.39 is 12.1 Å². The number of anilines is 1. The van der Waals surface area contributed by atoms with Crippen LogP contribution in [-0.2, 0) is 4.79 Å². The molecule has 0 radical (unpaired) electrons. The first-order valence-corrected chi connectivity index (χ1v) is 8.13. The minimum Gasteiger partial charge on any atom is -0.352 e. The van der Waals surface area contributed by atoms with Gasteiger partial charge >= 0.3 is 6.03 Å². The summed E-state index contributed by atoms with van der Waals surface area (Å²) in [6.45, 7) is 7.84. The third-order valence-electron chi connectivity index (χ3n) is 3.46. The minimum absolute atomic E-state index is 0.0542. The van der Waals surface area contributed by atoms with Crippen molar-refractivity contribution in [1.82, 2.24) is 16.0 Å². The molecule has 0 aliphatic rings. The molecule has 0 aromatic heterocycles. The number of hydrogen-bond acceptors (Lipinski definition) is 3. The van der Waals surface area contributed by atoms with Crippen molar-refractivity contribution in [2.75, 3.05) is 11.9 Å². The maximum Gasteiger partial charge on any atom is 0.319 e. The second kappa shape index (κ2) is 9.54. The van der Waals surface area contributed by atoms with Crippen molar-refractivity contribution in [2.24, 2.45) is 0 Å². The number of hydrogen-bond donors (Lipinski definition) is 4. The number of carbonyl (C=O) groups is 3. The lowest BCUT2D eigenvalue weighted by Gasteiger charge is -2.17. The van der Waals surface area contributed by atoms with Gasteiger partial charge in [0.2, 0.25) is 5.91 Å². The zero-order valence-electron chi connectivity index (χ0n) is 14.6. The molecule has 0 spiro atoms. The number of rotatable bonds is 7. The smallest absolute Gasteiger partial charge is 0.319 e. The fourth-order valence-corrected chi connectivity index (χ4v) is 1.90. The van der Waals surface area contributed by atoms with Crippen molar-refractivity contribution in [2.45, 2.75) is 46.2 Å². The second-order valence-electron chi connectivity index (χ2n) is 5.58. The summed E-state index contributed by atoms with van der Waals surface area (Å²) in [4.78, 5) is 35.7. The molecule has 24 heavy (non-hydrogen) atoms. The van der Waals surface area contributed by atoms with Crippen LogP contribution in [0.15, 0.2) is 24.3 Å². The Kier molecular flexibility index (Phi) is 7.74. The van der Waals surface area contributed by atoms with E-state index in [2.05, 4.69) is 21.3 Å². The highest BCUT2D eigenvalue weighted by molar-refractivity contribution is 5.97. The van der Waals surface area contributed by atoms with E-state index in [-0.39, 0.29) is 17.9 Å². The van der Waals surface area contributed by atoms with Gasteiger partial charge in [0, 0.05) is 23.8 Å². The van der Waals surface area contributed by atoms with Crippen LogP contribution < -0.4 is 21.3 Å². The van der Waals surface area contributed by atoms with Crippen LogP contribution in [0, 0.1) is 0 Å². The highest BCUT2D eigenvalue weighted by Crippen LogP contribution is 2.10. The van der Waals surface area contributed by atoms with Gasteiger partial charge in [-0.05, 0) is 45.4 Å². The lowest BCUT2D eigenvalue weighted by Crippen LogP contribution is -2.48. The summed E-state index contributed by atoms with van der Waals surface area (Å²) in [5.74, 6) is -0.446. The Morgan fingerprint density at radius 3 is 2.42 bits per heavy atom. The predicted molar refractivity (Wildman–Crippen MR) is 94.0 cm³/mol. The lowest BCUT2D eigenvalue weighted by atomic mass is 10.2. The van der Waals surface area contributed by atoms with Crippen LogP contribution in [0.1, 0.15) is 44.5 Å². The molecule has 0 saturated carbocycles. The summed E-state index contributed by atoms with van der Waals surface area (Å²) < 4.78 is 0. The van der Waals surface area contributed by atoms with E-state index in [0.717, 1.165) is 6.42 Å². The molecule has 4 amide bonds. The van der Waals surface area contributed by atoms with Gasteiger partial charge in [0.1, 0.15) is 6.04 Å². The number of carbonyl (C=O) groups excluding carboxylic acids is 3. The number of amides is 4. The molecule has 7 heteroatoms. The maximum atomic E-state index is 12.0. The van der Waals surface area contributed by atoms with E-state index in [4.69, 9.17) is 0 Å². The first-order chi connectivity index (χ1) is 11.4. The van der Waals surface area contributed by atoms with Crippen LogP contribution >= 0.6 is 0 Å². The van der Waals surface area contributed by atoms with Crippen molar-refractivity contribution in [3.63, 3.8) is 0 Å². The van der Waals surface area contributed by atoms with Gasteiger partial charge in [-0.2, -0.15) is 0 Å². The number of urea groups is 1. The summed E-state index contributed by atoms with van der Waals surface area (Å²) in [6, 6.07) is 5.48. The molecule has 132 valence electrons. The predicted octanol–water partition coefficient (Wildman–Crippen LogP) is 1.86. The Balaban J connectivity index is 2.60. The van der Waals surface area contributed by atoms with Crippen molar-refractivity contribution < 1.29 is 14.4 Å². The summed E-state index contributed by atoms with van der Waals surface area (Å²) >= 11 is 0. The Labute approximate surface area is 142 Å². The van der Waals surface area contributed by atoms with Gasteiger partial charge in [-0.15, -0.1) is 0 Å². The summed E-state index contributed by atoms with van der Waals surface area (Å²) in [5.41, 5.74) is 0.933. The largest absolute Gasteiger partial charge is 0.352 e. The SMILES string of the molecule is CCNC(=O)c1cccc(NC(=O)N[C@@H](C)C(=O)N[C@@H](C)CC)c1. The highest BCUT2D eigenvalue weighted by atomic mass is 16.2. The fourth-order valence-electron chi connectivity index (χ4n) is 1.90. The van der Waals surface area contributed by atoms with E-state index in [1.165, 1.54) is 0 Å². The standard InChI is InChI=1S/C17H26N4O3/c1-5-11(3)19-15(22)12(4)20-17(24)21-14-9-7-8-13(10-14)16(23)18-6-2/h7-12H,5-6H2,1-4H3,(H,18,23)(H,19,22)(H2,20,21,24)/t11-,12-/m0/s1. The van der Waals surface area contributed by atoms with E-state index in [1.54, 1.807) is 31.2 Å². The number of benzene rings is 1. The Morgan fingerprint density at radius 1 is 1.08 bits per heavy atom. The van der Waals surface area contributed by atoms with Gasteiger partial charge in [0.15, 0.2) is 0 Å². The molecule has 1 rings (SSSR count). The summed E-state index contributed by atoms with van der Waals surface area (Å²) in [6.07, 6.45) is 0.817. The van der Waals surface area contributed by atoms with E-state index in [9.17, 15) is 14.4 Å². The van der Waals surface area contributed by atoms with Crippen molar-refractivity contribution >= 4 is 23.5 Å². The fraction of sp³-hybridized carbons (Fsp3) is 0.471. The van der Waals surface area contributed by atoms with Crippen molar-refractivity contribution in [3.05, 3.63) is 29.8 Å². The van der Waals surface area contributed by atoms with Gasteiger partial charge in [-0.25, -0.2) is 4.79 Å². The average Bonchev–Trinajstić information content (AvgIpc) is 2.54. The van der Waals surface area contributed by atoms with Crippen LogP contribution in [0.3, 0.4) is 0 Å². The quantitative estimate of drug-likeness (QED) is 0.612. The molecule has 1 aromatic carbocycles. The Morgan fingerprint density at radius 2 is 1.79 bits per heavy atom. The topological polar surface area (TPSA) is 99.3 Å². The average molecular weight is 334 g/mol. The third kappa shape index (κ3) is 6.28. The normalized spacial score (nSPS) is 12.7. The molecule has 0 aliphatic heterocycles. The van der Waals surface area contributed by atoms with E-state index in [1.807, 2.05) is 20.8 Å². The zero-order chi connectivity index (χ0) is 18.1. The molecule has 0 fully saturated rings. The lowest BCUT2D eigenvalue weighted by molar-refractivity contribution is -0.123. The molecule has 0 unspecified atom stereocenters. The van der Waals surface area contributed by atoms with Crippen LogP contribution in [0.4, 0.5) is 10.5 Å². The maximum absolute atomic E-state index is 12.0. The van der Waals surface area contributed by atoms with Gasteiger partial charge in [0.25, 0.3) is 5.91 Å². The van der Waals surface area contributed by atoms with E-state index in [0.29, 0.717) is 17.8 Å². The Bertz CT molecular complexity index is 589. The van der Waals surface area contributed by atoms with Crippen LogP contribution in [-0.4, -0.2) is 36.5 Å². The molecule has 0 saturated heterocycles. The second-order valence-corrected chi connectivity index (χ2v) is 5.58. The molecule has 4 N–H and O–H groups in total. The van der Waals surface area contributed by atoms with Crippen molar-refractivity contribution in [3.8, 4) is 0 Å². The molecular formula is C17H26N4O3. The van der Waals surface area contributed by atoms with Crippen LogP contribution in [0.5, 0.6) is 0 Å². The van der Waals surface area contributed by atoms with Gasteiger partial charge < -0.3 is 21.3 Å². The minimum atomic E-state index is -0.662. The third-order valence-corrected chi connectivity index (χ3v) is 3.46. The molecular weight excluding hydrogens is 308 g/mol. The van der Waals surface area contributed by atoms with Gasteiger partial charge in [0.05, 0.1) is 0 Å². The van der Waals surface area contributed by atoms with Crippen LogP contribution in [0.25, 0.3) is 0 Å². The summed E-state index contributed by atoms with van der Waals surface area (Å²) in [7, 11) is 0. The molecule has 1 aromatic rings. The zero-order valence-corrected chi connectivity index (χ0v) is 14.6. The van der Waals surface area contributed by atoms with Gasteiger partial charge in [-0.3, -0.25) is 9.59 Å². The van der Waals surface area contributed by atoms with E-state index >= 15 is 0 Å². The monoisotopic (exact) mass is 334 g/mol. The first-order valence-electron chi connectivity index (χ1n) is 8.13. The molecule has 2 atom stereocenters. The Hall–Kier alpha value is -2.57.